The summed E-state index contributed by atoms with van der Waals surface area (Å²) in [5.41, 5.74) is 8.92. The third-order valence-corrected chi connectivity index (χ3v) is 3.80. The topological polar surface area (TPSA) is 114 Å². The Morgan fingerprint density at radius 1 is 1.35 bits per heavy atom. The Kier molecular flexibility index (Phi) is 6.10. The predicted octanol–water partition coefficient (Wildman–Crippen LogP) is 1.87. The van der Waals surface area contributed by atoms with Crippen LogP contribution in [0.1, 0.15) is 31.2 Å². The van der Waals surface area contributed by atoms with Crippen LogP contribution in [0.5, 0.6) is 0 Å². The minimum Gasteiger partial charge on any atom is -0.481 e. The van der Waals surface area contributed by atoms with Crippen LogP contribution in [0, 0.1) is 5.92 Å². The van der Waals surface area contributed by atoms with E-state index in [1.54, 1.807) is 0 Å². The van der Waals surface area contributed by atoms with Crippen molar-refractivity contribution in [3.8, 4) is 0 Å². The second-order valence-electron chi connectivity index (χ2n) is 5.57. The number of nitrogens with two attached hydrogens (primary N) is 1. The summed E-state index contributed by atoms with van der Waals surface area (Å²) in [6.07, 6.45) is 1.83. The Balaban J connectivity index is 1.94. The summed E-state index contributed by atoms with van der Waals surface area (Å²) in [5.74, 6) is -1.15. The van der Waals surface area contributed by atoms with Gasteiger partial charge in [0.15, 0.2) is 0 Å². The molecular formula is C16H21N3O4. The first kappa shape index (κ1) is 17.0. The molecule has 2 amide bonds. The van der Waals surface area contributed by atoms with Gasteiger partial charge in [-0.2, -0.15) is 5.10 Å². The second kappa shape index (κ2) is 8.28. The van der Waals surface area contributed by atoms with E-state index >= 15 is 0 Å². The summed E-state index contributed by atoms with van der Waals surface area (Å²) in [4.78, 5) is 21.8. The van der Waals surface area contributed by atoms with Gasteiger partial charge in [-0.3, -0.25) is 4.79 Å². The molecule has 0 radical (unpaired) electrons. The van der Waals surface area contributed by atoms with Crippen molar-refractivity contribution >= 4 is 17.7 Å². The maximum absolute atomic E-state index is 11.0. The molecule has 2 rings (SSSR count). The van der Waals surface area contributed by atoms with Crippen LogP contribution in [0.25, 0.3) is 0 Å². The number of nitrogens with zero attached hydrogens (tertiary/aromatic N) is 1. The minimum atomic E-state index is -0.898. The third kappa shape index (κ3) is 5.71. The number of aliphatic carboxylic acids is 1. The number of carboxylic acids is 1. The Hall–Kier alpha value is -2.41. The normalized spacial score (nSPS) is 22.7. The molecule has 0 aliphatic heterocycles. The average molecular weight is 319 g/mol. The lowest BCUT2D eigenvalue weighted by atomic mass is 9.83. The maximum Gasteiger partial charge on any atom is 0.332 e. The van der Waals surface area contributed by atoms with Crippen LogP contribution in [0.3, 0.4) is 0 Å². The van der Waals surface area contributed by atoms with Crippen molar-refractivity contribution in [2.45, 2.75) is 38.4 Å². The lowest BCUT2D eigenvalue weighted by Gasteiger charge is -2.29. The van der Waals surface area contributed by atoms with E-state index in [0.29, 0.717) is 25.2 Å². The third-order valence-electron chi connectivity index (χ3n) is 3.80. The molecule has 1 aromatic rings. The Labute approximate surface area is 134 Å². The van der Waals surface area contributed by atoms with Crippen LogP contribution < -0.4 is 11.2 Å². The fourth-order valence-corrected chi connectivity index (χ4v) is 2.71. The van der Waals surface area contributed by atoms with Gasteiger partial charge in [0.1, 0.15) is 0 Å². The Morgan fingerprint density at radius 3 is 2.74 bits per heavy atom. The molecule has 2 atom stereocenters. The number of hydrazone groups is 1. The van der Waals surface area contributed by atoms with Crippen LogP contribution in [0.4, 0.5) is 4.79 Å². The lowest BCUT2D eigenvalue weighted by molar-refractivity contribution is -0.137. The highest BCUT2D eigenvalue weighted by molar-refractivity contribution is 5.91. The van der Waals surface area contributed by atoms with Gasteiger partial charge in [0.25, 0.3) is 0 Å². The molecule has 1 aromatic carbocycles. The van der Waals surface area contributed by atoms with Gasteiger partial charge in [-0.25, -0.2) is 10.2 Å². The number of urea groups is 1. The van der Waals surface area contributed by atoms with Gasteiger partial charge >= 0.3 is 12.0 Å². The number of carbonyl (C=O) groups excluding carboxylic acids is 1. The standard InChI is InChI=1S/C16H21N3O4/c17-16(22)19-18-14-7-6-13(8-12(14)9-15(20)21)23-10-11-4-2-1-3-5-11/h1-5,12-13H,6-10H2,(H,20,21)(H3,17,19,22)/b18-14+/t12-,13-/m0/s1. The summed E-state index contributed by atoms with van der Waals surface area (Å²) in [6, 6.07) is 9.07. The van der Waals surface area contributed by atoms with Crippen LogP contribution in [0.2, 0.25) is 0 Å². The molecule has 4 N–H and O–H groups in total. The smallest absolute Gasteiger partial charge is 0.332 e. The Morgan fingerprint density at radius 2 is 2.09 bits per heavy atom. The van der Waals surface area contributed by atoms with Crippen LogP contribution in [-0.2, 0) is 16.1 Å². The Bertz CT molecular complexity index is 574. The largest absolute Gasteiger partial charge is 0.481 e. The number of benzene rings is 1. The zero-order chi connectivity index (χ0) is 16.7. The molecule has 0 heterocycles. The molecule has 0 unspecified atom stereocenters. The van der Waals surface area contributed by atoms with E-state index in [1.165, 1.54) is 0 Å². The summed E-state index contributed by atoms with van der Waals surface area (Å²) < 4.78 is 5.89. The first-order valence-corrected chi connectivity index (χ1v) is 7.54. The molecule has 0 aromatic heterocycles. The van der Waals surface area contributed by atoms with E-state index in [0.717, 1.165) is 12.0 Å². The van der Waals surface area contributed by atoms with Crippen LogP contribution in [0.15, 0.2) is 35.4 Å². The maximum atomic E-state index is 11.0. The van der Waals surface area contributed by atoms with Gasteiger partial charge in [-0.15, -0.1) is 0 Å². The predicted molar refractivity (Wildman–Crippen MR) is 84.8 cm³/mol. The van der Waals surface area contributed by atoms with Gasteiger partial charge in [0.2, 0.25) is 0 Å². The van der Waals surface area contributed by atoms with Crippen molar-refractivity contribution in [2.75, 3.05) is 0 Å². The summed E-state index contributed by atoms with van der Waals surface area (Å²) in [6.45, 7) is 0.497. The number of ether oxygens (including phenoxy) is 1. The number of primary amides is 1. The molecule has 23 heavy (non-hydrogen) atoms. The summed E-state index contributed by atoms with van der Waals surface area (Å²) in [7, 11) is 0. The molecule has 0 spiro atoms. The quantitative estimate of drug-likeness (QED) is 0.694. The summed E-state index contributed by atoms with van der Waals surface area (Å²) in [5, 5.41) is 13.0. The molecule has 124 valence electrons. The molecule has 7 nitrogen and oxygen atoms in total. The molecular weight excluding hydrogens is 298 g/mol. The highest BCUT2D eigenvalue weighted by atomic mass is 16.5. The van der Waals surface area contributed by atoms with E-state index in [-0.39, 0.29) is 18.4 Å². The van der Waals surface area contributed by atoms with Crippen molar-refractivity contribution < 1.29 is 19.4 Å². The van der Waals surface area contributed by atoms with Crippen LogP contribution >= 0.6 is 0 Å². The zero-order valence-corrected chi connectivity index (χ0v) is 12.8. The van der Waals surface area contributed by atoms with Crippen molar-refractivity contribution in [3.63, 3.8) is 0 Å². The molecule has 1 fully saturated rings. The van der Waals surface area contributed by atoms with Crippen molar-refractivity contribution in [2.24, 2.45) is 16.8 Å². The molecule has 1 saturated carbocycles. The molecule has 0 bridgehead atoms. The van der Waals surface area contributed by atoms with E-state index in [9.17, 15) is 9.59 Å². The average Bonchev–Trinajstić information content (AvgIpc) is 2.52. The van der Waals surface area contributed by atoms with Crippen molar-refractivity contribution in [3.05, 3.63) is 35.9 Å². The van der Waals surface area contributed by atoms with E-state index in [2.05, 4.69) is 10.5 Å². The first-order chi connectivity index (χ1) is 11.0. The summed E-state index contributed by atoms with van der Waals surface area (Å²) >= 11 is 0. The molecule has 1 aliphatic carbocycles. The highest BCUT2D eigenvalue weighted by Gasteiger charge is 2.29. The number of nitrogens with one attached hydrogen (secondary N) is 1. The van der Waals surface area contributed by atoms with Gasteiger partial charge in [0.05, 0.1) is 19.1 Å². The van der Waals surface area contributed by atoms with E-state index in [1.807, 2.05) is 30.3 Å². The van der Waals surface area contributed by atoms with Gasteiger partial charge in [-0.1, -0.05) is 30.3 Å². The fraction of sp³-hybridized carbons (Fsp3) is 0.438. The number of hydrogen-bond acceptors (Lipinski definition) is 4. The van der Waals surface area contributed by atoms with Crippen molar-refractivity contribution in [1.82, 2.24) is 5.43 Å². The van der Waals surface area contributed by atoms with Crippen LogP contribution in [-0.4, -0.2) is 28.9 Å². The fourth-order valence-electron chi connectivity index (χ4n) is 2.71. The zero-order valence-electron chi connectivity index (χ0n) is 12.8. The number of amides is 2. The number of rotatable bonds is 6. The number of carbonyl (C=O) groups is 2. The van der Waals surface area contributed by atoms with Gasteiger partial charge < -0.3 is 15.6 Å². The SMILES string of the molecule is NC(=O)N/N=C1\CC[C@H](OCc2ccccc2)C[C@H]1CC(=O)O. The first-order valence-electron chi connectivity index (χ1n) is 7.54. The highest BCUT2D eigenvalue weighted by Crippen LogP contribution is 2.27. The van der Waals surface area contributed by atoms with E-state index in [4.69, 9.17) is 15.6 Å². The minimum absolute atomic E-state index is 0.0212. The van der Waals surface area contributed by atoms with Gasteiger partial charge in [0, 0.05) is 11.6 Å². The molecule has 7 heteroatoms. The number of hydrogen-bond donors (Lipinski definition) is 3. The van der Waals surface area contributed by atoms with E-state index < -0.39 is 12.0 Å². The van der Waals surface area contributed by atoms with Gasteiger partial charge in [-0.05, 0) is 24.8 Å². The molecule has 0 saturated heterocycles. The number of carboxylic acid groups (broad SMARTS) is 1. The molecule has 1 aliphatic rings. The van der Waals surface area contributed by atoms with Crippen molar-refractivity contribution in [1.29, 1.82) is 0 Å². The lowest BCUT2D eigenvalue weighted by Crippen LogP contribution is -2.34. The second-order valence-corrected chi connectivity index (χ2v) is 5.57. The monoisotopic (exact) mass is 319 g/mol.